The van der Waals surface area contributed by atoms with Crippen LogP contribution >= 0.6 is 7.82 Å². The summed E-state index contributed by atoms with van der Waals surface area (Å²) in [6, 6.07) is -1.57. The second-order valence-corrected chi connectivity index (χ2v) is 17.3. The van der Waals surface area contributed by atoms with E-state index in [1.165, 1.54) is 51.4 Å². The monoisotopic (exact) mass is 850 g/mol. The summed E-state index contributed by atoms with van der Waals surface area (Å²) in [5.41, 5.74) is 5.32. The number of carboxylic acids is 1. The Morgan fingerprint density at radius 1 is 0.724 bits per heavy atom. The van der Waals surface area contributed by atoms with Gasteiger partial charge in [0.25, 0.3) is 0 Å². The average Bonchev–Trinajstić information content (AvgIpc) is 3.44. The molecule has 0 aliphatic heterocycles. The van der Waals surface area contributed by atoms with Crippen LogP contribution in [0.4, 0.5) is 0 Å². The fourth-order valence-electron chi connectivity index (χ4n) is 6.94. The number of aliphatic hydroxyl groups excluding tert-OH is 3. The third-order valence-electron chi connectivity index (χ3n) is 10.5. The van der Waals surface area contributed by atoms with E-state index in [1.807, 2.05) is 0 Å². The standard InChI is InChI=1S/C42H76NO14P/c1-3-5-7-8-9-10-11-12-13-14-15-16-18-24-41(49)57-34(30-55-58(52,53)56-31-37(43)42(50)51)29-54-40(48)23-20-19-22-33(45)27-36-35(38(46)28-39(36)47)26-25-32(44)21-17-6-4-2/h25-26,32,34-39,44,46-47H,3-24,27-31,43H2,1-2H3,(H,50,51)(H,52,53)/b26-25+/t32-,34+,35+,36+,37-,38+,39-/m0/s1. The van der Waals surface area contributed by atoms with Crippen LogP contribution in [0.25, 0.3) is 0 Å². The van der Waals surface area contributed by atoms with Gasteiger partial charge >= 0.3 is 25.7 Å². The van der Waals surface area contributed by atoms with Gasteiger partial charge in [0.2, 0.25) is 0 Å². The number of esters is 2. The molecule has 1 saturated carbocycles. The minimum atomic E-state index is -4.80. The normalized spacial score (nSPS) is 20.7. The third kappa shape index (κ3) is 26.8. The van der Waals surface area contributed by atoms with E-state index in [-0.39, 0.29) is 37.9 Å². The average molecular weight is 850 g/mol. The number of aliphatic carboxylic acids is 1. The van der Waals surface area contributed by atoms with Gasteiger partial charge in [-0.3, -0.25) is 28.2 Å². The maximum absolute atomic E-state index is 12.8. The molecule has 8 atom stereocenters. The third-order valence-corrected chi connectivity index (χ3v) is 11.4. The highest BCUT2D eigenvalue weighted by atomic mass is 31.2. The van der Waals surface area contributed by atoms with E-state index in [2.05, 4.69) is 18.4 Å². The van der Waals surface area contributed by atoms with Crippen LogP contribution in [-0.2, 0) is 42.3 Å². The molecule has 0 aromatic heterocycles. The number of Topliss-reactive ketones (excluding diaryl/α,β-unsaturated/α-hetero) is 1. The van der Waals surface area contributed by atoms with Gasteiger partial charge in [0.05, 0.1) is 31.5 Å². The van der Waals surface area contributed by atoms with Crippen molar-refractivity contribution in [2.24, 2.45) is 17.6 Å². The molecule has 58 heavy (non-hydrogen) atoms. The maximum Gasteiger partial charge on any atom is 0.472 e. The fraction of sp³-hybridized carbons (Fsp3) is 0.857. The van der Waals surface area contributed by atoms with E-state index >= 15 is 0 Å². The molecule has 7 N–H and O–H groups in total. The van der Waals surface area contributed by atoms with Crippen molar-refractivity contribution < 1.29 is 67.6 Å². The highest BCUT2D eigenvalue weighted by Crippen LogP contribution is 2.43. The molecule has 1 aliphatic carbocycles. The van der Waals surface area contributed by atoms with Gasteiger partial charge in [-0.25, -0.2) is 4.57 Å². The number of rotatable bonds is 37. The fourth-order valence-corrected chi connectivity index (χ4v) is 7.72. The minimum absolute atomic E-state index is 0.0522. The highest BCUT2D eigenvalue weighted by Gasteiger charge is 2.41. The van der Waals surface area contributed by atoms with Gasteiger partial charge in [-0.15, -0.1) is 0 Å². The molecule has 1 fully saturated rings. The summed E-state index contributed by atoms with van der Waals surface area (Å²) >= 11 is 0. The largest absolute Gasteiger partial charge is 0.480 e. The predicted molar refractivity (Wildman–Crippen MR) is 219 cm³/mol. The number of carbonyl (C=O) groups excluding carboxylic acids is 3. The first-order valence-electron chi connectivity index (χ1n) is 21.9. The molecule has 0 bridgehead atoms. The minimum Gasteiger partial charge on any atom is -0.480 e. The summed E-state index contributed by atoms with van der Waals surface area (Å²) < 4.78 is 32.6. The molecule has 15 nitrogen and oxygen atoms in total. The Hall–Kier alpha value is -2.23. The van der Waals surface area contributed by atoms with Crippen molar-refractivity contribution >= 4 is 31.5 Å². The molecule has 0 heterocycles. The zero-order valence-electron chi connectivity index (χ0n) is 35.2. The number of aliphatic hydroxyl groups is 3. The Balaban J connectivity index is 2.52. The van der Waals surface area contributed by atoms with Gasteiger partial charge in [-0.05, 0) is 25.7 Å². The zero-order chi connectivity index (χ0) is 43.2. The van der Waals surface area contributed by atoms with E-state index in [4.69, 9.17) is 24.8 Å². The molecule has 1 aliphatic rings. The SMILES string of the molecule is CCCCCCCCCCCCCCCC(=O)O[C@H](COC(=O)CCCCC(=O)C[C@@H]1[C@@H](/C=C/[C@@H](O)CCCCC)[C@H](O)C[C@@H]1O)COP(=O)(O)OC[C@H](N)C(=O)O. The Kier molecular flexibility index (Phi) is 30.2. The summed E-state index contributed by atoms with van der Waals surface area (Å²) in [5.74, 6) is -3.77. The molecule has 0 radical (unpaired) electrons. The summed E-state index contributed by atoms with van der Waals surface area (Å²) in [4.78, 5) is 58.9. The molecule has 0 amide bonds. The van der Waals surface area contributed by atoms with Crippen molar-refractivity contribution in [3.63, 3.8) is 0 Å². The Labute approximate surface area is 346 Å². The summed E-state index contributed by atoms with van der Waals surface area (Å²) in [6.45, 7) is 2.31. The first kappa shape index (κ1) is 53.8. The number of nitrogens with two attached hydrogens (primary N) is 1. The molecule has 0 spiro atoms. The van der Waals surface area contributed by atoms with Crippen LogP contribution in [0.3, 0.4) is 0 Å². The van der Waals surface area contributed by atoms with Gasteiger partial charge < -0.3 is 40.5 Å². The van der Waals surface area contributed by atoms with Gasteiger partial charge in [0.15, 0.2) is 6.10 Å². The lowest BCUT2D eigenvalue weighted by atomic mass is 9.87. The predicted octanol–water partition coefficient (Wildman–Crippen LogP) is 6.84. The number of unbranched alkanes of at least 4 members (excludes halogenated alkanes) is 15. The van der Waals surface area contributed by atoms with Gasteiger partial charge in [0.1, 0.15) is 18.4 Å². The summed E-state index contributed by atoms with van der Waals surface area (Å²) in [5, 5.41) is 40.2. The number of ketones is 1. The lowest BCUT2D eigenvalue weighted by molar-refractivity contribution is -0.161. The van der Waals surface area contributed by atoms with Crippen LogP contribution in [-0.4, -0.2) is 99.3 Å². The maximum atomic E-state index is 12.8. The molecule has 1 rings (SSSR count). The van der Waals surface area contributed by atoms with Crippen LogP contribution in [0.15, 0.2) is 12.2 Å². The molecule has 16 heteroatoms. The van der Waals surface area contributed by atoms with E-state index < -0.39 is 87.8 Å². The van der Waals surface area contributed by atoms with Crippen molar-refractivity contribution in [2.45, 2.75) is 198 Å². The Bertz CT molecular complexity index is 1220. The van der Waals surface area contributed by atoms with Crippen molar-refractivity contribution in [1.82, 2.24) is 0 Å². The quantitative estimate of drug-likeness (QED) is 0.0162. The highest BCUT2D eigenvalue weighted by molar-refractivity contribution is 7.47. The number of phosphoric acid groups is 1. The number of phosphoric ester groups is 1. The Morgan fingerprint density at radius 2 is 1.24 bits per heavy atom. The first-order valence-corrected chi connectivity index (χ1v) is 23.4. The molecular weight excluding hydrogens is 773 g/mol. The lowest BCUT2D eigenvalue weighted by Gasteiger charge is -2.20. The smallest absolute Gasteiger partial charge is 0.472 e. The molecule has 338 valence electrons. The van der Waals surface area contributed by atoms with Crippen LogP contribution in [0.2, 0.25) is 0 Å². The second-order valence-electron chi connectivity index (χ2n) is 15.8. The van der Waals surface area contributed by atoms with E-state index in [0.717, 1.165) is 44.9 Å². The van der Waals surface area contributed by atoms with Crippen LogP contribution in [0.5, 0.6) is 0 Å². The molecule has 1 unspecified atom stereocenters. The number of hydrogen-bond acceptors (Lipinski definition) is 13. The zero-order valence-corrected chi connectivity index (χ0v) is 36.1. The van der Waals surface area contributed by atoms with Gasteiger partial charge in [-0.2, -0.15) is 0 Å². The molecule has 0 aromatic carbocycles. The molecule has 0 saturated heterocycles. The van der Waals surface area contributed by atoms with Crippen molar-refractivity contribution in [3.05, 3.63) is 12.2 Å². The number of carbonyl (C=O) groups is 4. The van der Waals surface area contributed by atoms with Crippen LogP contribution in [0.1, 0.15) is 168 Å². The number of hydrogen-bond donors (Lipinski definition) is 6. The molecular formula is C42H76NO14P. The van der Waals surface area contributed by atoms with Crippen LogP contribution in [0, 0.1) is 11.8 Å². The number of carboxylic acid groups (broad SMARTS) is 1. The number of ether oxygens (including phenoxy) is 2. The van der Waals surface area contributed by atoms with Crippen molar-refractivity contribution in [2.75, 3.05) is 19.8 Å². The second kappa shape index (κ2) is 32.5. The first-order chi connectivity index (χ1) is 27.7. The van der Waals surface area contributed by atoms with Crippen molar-refractivity contribution in [3.8, 4) is 0 Å². The van der Waals surface area contributed by atoms with E-state index in [9.17, 15) is 44.0 Å². The van der Waals surface area contributed by atoms with Crippen molar-refractivity contribution in [1.29, 1.82) is 0 Å². The van der Waals surface area contributed by atoms with Gasteiger partial charge in [0, 0.05) is 43.9 Å². The summed E-state index contributed by atoms with van der Waals surface area (Å²) in [7, 11) is -4.80. The lowest BCUT2D eigenvalue weighted by Crippen LogP contribution is -2.34. The van der Waals surface area contributed by atoms with Crippen LogP contribution < -0.4 is 5.73 Å². The van der Waals surface area contributed by atoms with E-state index in [1.54, 1.807) is 12.2 Å². The van der Waals surface area contributed by atoms with Gasteiger partial charge in [-0.1, -0.05) is 122 Å². The van der Waals surface area contributed by atoms with E-state index in [0.29, 0.717) is 25.7 Å². The molecule has 0 aromatic rings. The topological polar surface area (TPSA) is 249 Å². The summed E-state index contributed by atoms with van der Waals surface area (Å²) in [6.07, 6.45) is 19.2. The Morgan fingerprint density at radius 3 is 1.84 bits per heavy atom.